The number of hydrogen-bond donors (Lipinski definition) is 0. The van der Waals surface area contributed by atoms with Crippen LogP contribution in [0, 0.1) is 15.9 Å². The molecule has 2 aromatic carbocycles. The van der Waals surface area contributed by atoms with Crippen LogP contribution in [0.4, 0.5) is 10.1 Å². The maximum atomic E-state index is 13.6. The van der Waals surface area contributed by atoms with Gasteiger partial charge in [-0.25, -0.2) is 9.37 Å². The minimum absolute atomic E-state index is 0.00458. The molecule has 5 nitrogen and oxygen atoms in total. The maximum Gasteiger partial charge on any atom is 0.329 e. The molecular formula is C15H8ClFN2O3. The van der Waals surface area contributed by atoms with Crippen molar-refractivity contribution in [2.24, 2.45) is 0 Å². The maximum absolute atomic E-state index is 13.6. The van der Waals surface area contributed by atoms with Crippen LogP contribution >= 0.6 is 11.6 Å². The van der Waals surface area contributed by atoms with E-state index in [4.69, 9.17) is 16.3 Å². The number of nitrogens with zero attached hydrogens (tertiary/aromatic N) is 2. The normalized spacial score (nSPS) is 10.6. The van der Waals surface area contributed by atoms with Crippen molar-refractivity contribution in [3.8, 4) is 11.5 Å². The zero-order valence-corrected chi connectivity index (χ0v) is 11.7. The molecule has 1 aromatic heterocycles. The molecule has 7 heteroatoms. The largest absolute Gasteiger partial charge is 0.448 e. The molecular weight excluding hydrogens is 311 g/mol. The number of halogens is 2. The summed E-state index contributed by atoms with van der Waals surface area (Å²) in [6, 6.07) is 10.4. The lowest BCUT2D eigenvalue weighted by Gasteiger charge is -2.07. The Balaban J connectivity index is 2.04. The number of para-hydroxylation sites is 2. The van der Waals surface area contributed by atoms with Gasteiger partial charge in [0.05, 0.1) is 11.1 Å². The van der Waals surface area contributed by atoms with Crippen molar-refractivity contribution in [2.75, 3.05) is 0 Å². The lowest BCUT2D eigenvalue weighted by atomic mass is 10.2. The Morgan fingerprint density at radius 3 is 2.77 bits per heavy atom. The predicted molar refractivity (Wildman–Crippen MR) is 79.9 cm³/mol. The molecule has 0 spiro atoms. The summed E-state index contributed by atoms with van der Waals surface area (Å²) in [4.78, 5) is 14.4. The Morgan fingerprint density at radius 1 is 1.23 bits per heavy atom. The molecule has 0 fully saturated rings. The number of ether oxygens (including phenoxy) is 1. The Morgan fingerprint density at radius 2 is 2.00 bits per heavy atom. The van der Waals surface area contributed by atoms with Crippen LogP contribution in [0.15, 0.2) is 48.7 Å². The van der Waals surface area contributed by atoms with Gasteiger partial charge >= 0.3 is 5.69 Å². The molecule has 22 heavy (non-hydrogen) atoms. The van der Waals surface area contributed by atoms with Crippen LogP contribution in [0.5, 0.6) is 11.5 Å². The number of nitro groups is 1. The summed E-state index contributed by atoms with van der Waals surface area (Å²) in [5.41, 5.74) is -0.126. The Kier molecular flexibility index (Phi) is 3.60. The van der Waals surface area contributed by atoms with Gasteiger partial charge in [0.25, 0.3) is 0 Å². The average Bonchev–Trinajstić information content (AvgIpc) is 2.47. The van der Waals surface area contributed by atoms with Crippen LogP contribution in [0.3, 0.4) is 0 Å². The minimum atomic E-state index is -0.619. The second-order valence-electron chi connectivity index (χ2n) is 4.43. The zero-order chi connectivity index (χ0) is 15.7. The van der Waals surface area contributed by atoms with E-state index in [-0.39, 0.29) is 27.7 Å². The molecule has 0 unspecified atom stereocenters. The SMILES string of the molecule is O=[N+]([O-])c1c(Cl)cccc1Oc1cnc2c(F)cccc2c1. The van der Waals surface area contributed by atoms with Crippen LogP contribution in [0.2, 0.25) is 5.02 Å². The van der Waals surface area contributed by atoms with Gasteiger partial charge in [-0.15, -0.1) is 0 Å². The van der Waals surface area contributed by atoms with E-state index >= 15 is 0 Å². The van der Waals surface area contributed by atoms with E-state index in [1.165, 1.54) is 24.4 Å². The summed E-state index contributed by atoms with van der Waals surface area (Å²) in [6.07, 6.45) is 1.30. The van der Waals surface area contributed by atoms with Gasteiger partial charge in [0.2, 0.25) is 5.75 Å². The fourth-order valence-corrected chi connectivity index (χ4v) is 2.28. The molecule has 0 saturated heterocycles. The minimum Gasteiger partial charge on any atom is -0.448 e. The summed E-state index contributed by atoms with van der Waals surface area (Å²) in [7, 11) is 0. The van der Waals surface area contributed by atoms with Crippen LogP contribution in [-0.4, -0.2) is 9.91 Å². The van der Waals surface area contributed by atoms with E-state index in [1.807, 2.05) is 0 Å². The van der Waals surface area contributed by atoms with Crippen LogP contribution in [-0.2, 0) is 0 Å². The first-order chi connectivity index (χ1) is 10.6. The number of pyridine rings is 1. The summed E-state index contributed by atoms with van der Waals surface area (Å²) >= 11 is 5.82. The molecule has 0 aliphatic heterocycles. The van der Waals surface area contributed by atoms with Gasteiger partial charge in [-0.3, -0.25) is 10.1 Å². The number of fused-ring (bicyclic) bond motifs is 1. The number of benzene rings is 2. The molecule has 0 atom stereocenters. The van der Waals surface area contributed by atoms with Crippen LogP contribution in [0.1, 0.15) is 0 Å². The quantitative estimate of drug-likeness (QED) is 0.517. The first-order valence-electron chi connectivity index (χ1n) is 6.21. The van der Waals surface area contributed by atoms with Gasteiger partial charge in [-0.1, -0.05) is 29.8 Å². The topological polar surface area (TPSA) is 65.3 Å². The lowest BCUT2D eigenvalue weighted by molar-refractivity contribution is -0.385. The smallest absolute Gasteiger partial charge is 0.329 e. The van der Waals surface area contributed by atoms with Crippen molar-refractivity contribution in [1.29, 1.82) is 0 Å². The molecule has 3 rings (SSSR count). The van der Waals surface area contributed by atoms with E-state index in [9.17, 15) is 14.5 Å². The summed E-state index contributed by atoms with van der Waals surface area (Å²) in [6.45, 7) is 0. The van der Waals surface area contributed by atoms with Crippen molar-refractivity contribution in [2.45, 2.75) is 0 Å². The van der Waals surface area contributed by atoms with Gasteiger partial charge in [0.15, 0.2) is 0 Å². The summed E-state index contributed by atoms with van der Waals surface area (Å²) in [5, 5.41) is 11.6. The van der Waals surface area contributed by atoms with Crippen molar-refractivity contribution >= 4 is 28.2 Å². The standard InChI is InChI=1S/C15H8ClFN2O3/c16-11-4-2-6-13(15(11)19(20)21)22-10-7-9-3-1-5-12(17)14(9)18-8-10/h1-8H. The Hall–Kier alpha value is -2.73. The third-order valence-electron chi connectivity index (χ3n) is 3.00. The zero-order valence-electron chi connectivity index (χ0n) is 11.0. The van der Waals surface area contributed by atoms with Gasteiger partial charge in [0.1, 0.15) is 22.1 Å². The third kappa shape index (κ3) is 2.56. The second kappa shape index (κ2) is 5.57. The predicted octanol–water partition coefficient (Wildman–Crippen LogP) is 4.73. The molecule has 0 bridgehead atoms. The first-order valence-corrected chi connectivity index (χ1v) is 6.59. The number of hydrogen-bond acceptors (Lipinski definition) is 4. The van der Waals surface area contributed by atoms with Crippen LogP contribution in [0.25, 0.3) is 10.9 Å². The first kappa shape index (κ1) is 14.2. The second-order valence-corrected chi connectivity index (χ2v) is 4.84. The monoisotopic (exact) mass is 318 g/mol. The molecule has 0 aliphatic carbocycles. The van der Waals surface area contributed by atoms with Crippen molar-refractivity contribution in [3.05, 3.63) is 69.6 Å². The van der Waals surface area contributed by atoms with E-state index in [0.717, 1.165) is 0 Å². The lowest BCUT2D eigenvalue weighted by Crippen LogP contribution is -1.95. The van der Waals surface area contributed by atoms with Gasteiger partial charge < -0.3 is 4.74 Å². The molecule has 110 valence electrons. The highest BCUT2D eigenvalue weighted by atomic mass is 35.5. The highest BCUT2D eigenvalue weighted by molar-refractivity contribution is 6.32. The Labute approximate surface area is 129 Å². The molecule has 1 heterocycles. The molecule has 0 radical (unpaired) electrons. The van der Waals surface area contributed by atoms with Crippen LogP contribution < -0.4 is 4.74 Å². The molecule has 0 amide bonds. The number of rotatable bonds is 3. The molecule has 0 aliphatic rings. The van der Waals surface area contributed by atoms with Gasteiger partial charge in [-0.05, 0) is 24.3 Å². The van der Waals surface area contributed by atoms with Crippen molar-refractivity contribution in [3.63, 3.8) is 0 Å². The number of nitro benzene ring substituents is 1. The highest BCUT2D eigenvalue weighted by Crippen LogP contribution is 2.37. The third-order valence-corrected chi connectivity index (χ3v) is 3.30. The number of aromatic nitrogens is 1. The summed E-state index contributed by atoms with van der Waals surface area (Å²) in [5.74, 6) is -0.198. The fourth-order valence-electron chi connectivity index (χ4n) is 2.04. The van der Waals surface area contributed by atoms with E-state index in [0.29, 0.717) is 5.39 Å². The van der Waals surface area contributed by atoms with Gasteiger partial charge in [0, 0.05) is 5.39 Å². The van der Waals surface area contributed by atoms with E-state index < -0.39 is 10.7 Å². The van der Waals surface area contributed by atoms with Crippen molar-refractivity contribution < 1.29 is 14.1 Å². The molecule has 0 N–H and O–H groups in total. The van der Waals surface area contributed by atoms with E-state index in [2.05, 4.69) is 4.98 Å². The Bertz CT molecular complexity index is 886. The highest BCUT2D eigenvalue weighted by Gasteiger charge is 2.20. The van der Waals surface area contributed by atoms with E-state index in [1.54, 1.807) is 24.3 Å². The summed E-state index contributed by atoms with van der Waals surface area (Å²) < 4.78 is 19.0. The molecule has 0 saturated carbocycles. The average molecular weight is 319 g/mol. The van der Waals surface area contributed by atoms with Gasteiger partial charge in [-0.2, -0.15) is 0 Å². The molecule has 3 aromatic rings. The fraction of sp³-hybridized carbons (Fsp3) is 0. The van der Waals surface area contributed by atoms with Crippen molar-refractivity contribution in [1.82, 2.24) is 4.98 Å².